The lowest BCUT2D eigenvalue weighted by Crippen LogP contribution is -2.28. The fourth-order valence-electron chi connectivity index (χ4n) is 2.89. The second kappa shape index (κ2) is 5.16. The topological polar surface area (TPSA) is 33.1 Å². The van der Waals surface area contributed by atoms with Gasteiger partial charge >= 0.3 is 0 Å². The van der Waals surface area contributed by atoms with E-state index in [4.69, 9.17) is 0 Å². The van der Waals surface area contributed by atoms with Crippen LogP contribution in [0.5, 0.6) is 0 Å². The molecule has 0 radical (unpaired) electrons. The Bertz CT molecular complexity index is 445. The number of rotatable bonds is 4. The number of nitrogens with zero attached hydrogens (tertiary/aromatic N) is 3. The third kappa shape index (κ3) is 3.11. The van der Waals surface area contributed by atoms with Crippen molar-refractivity contribution in [2.75, 3.05) is 18.0 Å². The first-order valence-electron chi connectivity index (χ1n) is 7.31. The molecular formula is C15H28N4. The summed E-state index contributed by atoms with van der Waals surface area (Å²) in [5.41, 5.74) is 2.92. The summed E-state index contributed by atoms with van der Waals surface area (Å²) < 4.78 is 2.05. The molecule has 1 aromatic heterocycles. The highest BCUT2D eigenvalue weighted by Gasteiger charge is 2.32. The molecule has 0 saturated carbocycles. The monoisotopic (exact) mass is 264 g/mol. The highest BCUT2D eigenvalue weighted by molar-refractivity contribution is 5.51. The highest BCUT2D eigenvalue weighted by atomic mass is 15.4. The number of nitrogens with one attached hydrogen (secondary N) is 1. The van der Waals surface area contributed by atoms with Crippen LogP contribution in [0.2, 0.25) is 0 Å². The van der Waals surface area contributed by atoms with E-state index in [0.29, 0.717) is 11.5 Å². The van der Waals surface area contributed by atoms with Gasteiger partial charge in [-0.15, -0.1) is 0 Å². The molecule has 108 valence electrons. The molecule has 4 nitrogen and oxygen atoms in total. The molecule has 2 heterocycles. The van der Waals surface area contributed by atoms with E-state index in [1.54, 1.807) is 0 Å². The van der Waals surface area contributed by atoms with Crippen LogP contribution in [-0.4, -0.2) is 28.9 Å². The Balaban J connectivity index is 2.24. The lowest BCUT2D eigenvalue weighted by molar-refractivity contribution is 0.418. The van der Waals surface area contributed by atoms with Gasteiger partial charge in [0.05, 0.1) is 5.69 Å². The molecule has 0 spiro atoms. The molecule has 1 aliphatic heterocycles. The van der Waals surface area contributed by atoms with E-state index >= 15 is 0 Å². The smallest absolute Gasteiger partial charge is 0.131 e. The molecule has 1 aromatic rings. The first-order chi connectivity index (χ1) is 8.80. The lowest BCUT2D eigenvalue weighted by Gasteiger charge is -2.23. The molecule has 0 atom stereocenters. The summed E-state index contributed by atoms with van der Waals surface area (Å²) in [7, 11) is 2.06. The van der Waals surface area contributed by atoms with Crippen LogP contribution in [0.1, 0.15) is 45.4 Å². The molecule has 1 fully saturated rings. The lowest BCUT2D eigenvalue weighted by atomic mass is 9.93. The Morgan fingerprint density at radius 1 is 1.37 bits per heavy atom. The second-order valence-corrected chi connectivity index (χ2v) is 6.88. The fraction of sp³-hybridized carbons (Fsp3) is 0.800. The normalized spacial score (nSPS) is 18.6. The summed E-state index contributed by atoms with van der Waals surface area (Å²) in [5, 5.41) is 8.14. The quantitative estimate of drug-likeness (QED) is 0.907. The Hall–Kier alpha value is -1.03. The molecule has 19 heavy (non-hydrogen) atoms. The van der Waals surface area contributed by atoms with Crippen molar-refractivity contribution >= 4 is 5.82 Å². The van der Waals surface area contributed by atoms with Crippen molar-refractivity contribution in [2.45, 2.75) is 53.6 Å². The number of hydrogen-bond acceptors (Lipinski definition) is 3. The number of hydrogen-bond donors (Lipinski definition) is 1. The van der Waals surface area contributed by atoms with Crippen LogP contribution < -0.4 is 10.2 Å². The highest BCUT2D eigenvalue weighted by Crippen LogP contribution is 2.34. The van der Waals surface area contributed by atoms with Crippen molar-refractivity contribution in [3.8, 4) is 0 Å². The van der Waals surface area contributed by atoms with Gasteiger partial charge in [0.15, 0.2) is 0 Å². The Kier molecular flexibility index (Phi) is 3.90. The molecule has 0 unspecified atom stereocenters. The summed E-state index contributed by atoms with van der Waals surface area (Å²) in [6, 6.07) is 0.502. The van der Waals surface area contributed by atoms with Crippen LogP contribution >= 0.6 is 0 Å². The molecular weight excluding hydrogens is 236 g/mol. The van der Waals surface area contributed by atoms with E-state index in [1.807, 2.05) is 4.68 Å². The van der Waals surface area contributed by atoms with E-state index in [1.165, 1.54) is 17.8 Å². The molecule has 1 N–H and O–H groups in total. The van der Waals surface area contributed by atoms with Crippen molar-refractivity contribution in [1.82, 2.24) is 15.1 Å². The first kappa shape index (κ1) is 14.4. The summed E-state index contributed by atoms with van der Waals surface area (Å²) in [6.07, 6.45) is 1.26. The molecule has 1 aliphatic rings. The standard InChI is InChI=1S/C15H28N4/c1-11(2)16-9-13-12(3)17-18(6)14(13)19-8-7-15(4,5)10-19/h11,16H,7-10H2,1-6H3. The van der Waals surface area contributed by atoms with Gasteiger partial charge in [-0.1, -0.05) is 27.7 Å². The average Bonchev–Trinajstić information content (AvgIpc) is 2.75. The number of aromatic nitrogens is 2. The van der Waals surface area contributed by atoms with Gasteiger partial charge in [0.1, 0.15) is 5.82 Å². The maximum Gasteiger partial charge on any atom is 0.131 e. The van der Waals surface area contributed by atoms with E-state index in [9.17, 15) is 0 Å². The zero-order chi connectivity index (χ0) is 14.2. The zero-order valence-electron chi connectivity index (χ0n) is 13.2. The number of anilines is 1. The molecule has 0 amide bonds. The second-order valence-electron chi connectivity index (χ2n) is 6.88. The zero-order valence-corrected chi connectivity index (χ0v) is 13.2. The fourth-order valence-corrected chi connectivity index (χ4v) is 2.89. The minimum absolute atomic E-state index is 0.418. The van der Waals surface area contributed by atoms with Gasteiger partial charge in [0.2, 0.25) is 0 Å². The van der Waals surface area contributed by atoms with Gasteiger partial charge < -0.3 is 10.2 Å². The summed E-state index contributed by atoms with van der Waals surface area (Å²) >= 11 is 0. The minimum atomic E-state index is 0.418. The largest absolute Gasteiger partial charge is 0.356 e. The SMILES string of the molecule is Cc1nn(C)c(N2CCC(C)(C)C2)c1CNC(C)C. The third-order valence-electron chi connectivity index (χ3n) is 3.98. The van der Waals surface area contributed by atoms with Crippen molar-refractivity contribution in [3.05, 3.63) is 11.3 Å². The summed E-state index contributed by atoms with van der Waals surface area (Å²) in [6.45, 7) is 14.4. The van der Waals surface area contributed by atoms with Gasteiger partial charge in [0, 0.05) is 38.3 Å². The molecule has 1 saturated heterocycles. The van der Waals surface area contributed by atoms with Crippen LogP contribution in [0.25, 0.3) is 0 Å². The van der Waals surface area contributed by atoms with Gasteiger partial charge in [-0.05, 0) is 18.8 Å². The van der Waals surface area contributed by atoms with Crippen LogP contribution in [0, 0.1) is 12.3 Å². The van der Waals surface area contributed by atoms with Crippen LogP contribution in [0.4, 0.5) is 5.82 Å². The van der Waals surface area contributed by atoms with E-state index in [-0.39, 0.29) is 0 Å². The molecule has 2 rings (SSSR count). The molecule has 0 aliphatic carbocycles. The predicted molar refractivity (Wildman–Crippen MR) is 80.5 cm³/mol. The van der Waals surface area contributed by atoms with Gasteiger partial charge in [-0.3, -0.25) is 4.68 Å². The van der Waals surface area contributed by atoms with E-state index in [2.05, 4.69) is 57.0 Å². The van der Waals surface area contributed by atoms with Crippen molar-refractivity contribution < 1.29 is 0 Å². The minimum Gasteiger partial charge on any atom is -0.356 e. The Labute approximate surface area is 117 Å². The average molecular weight is 264 g/mol. The van der Waals surface area contributed by atoms with Gasteiger partial charge in [0.25, 0.3) is 0 Å². The van der Waals surface area contributed by atoms with E-state index < -0.39 is 0 Å². The summed E-state index contributed by atoms with van der Waals surface area (Å²) in [4.78, 5) is 2.50. The Morgan fingerprint density at radius 2 is 2.05 bits per heavy atom. The Morgan fingerprint density at radius 3 is 2.58 bits per heavy atom. The van der Waals surface area contributed by atoms with Crippen LogP contribution in [0.15, 0.2) is 0 Å². The number of aryl methyl sites for hydroxylation is 2. The van der Waals surface area contributed by atoms with E-state index in [0.717, 1.165) is 25.3 Å². The van der Waals surface area contributed by atoms with Crippen molar-refractivity contribution in [3.63, 3.8) is 0 Å². The van der Waals surface area contributed by atoms with Crippen molar-refractivity contribution in [2.24, 2.45) is 12.5 Å². The third-order valence-corrected chi connectivity index (χ3v) is 3.98. The molecule has 0 aromatic carbocycles. The predicted octanol–water partition coefficient (Wildman–Crippen LogP) is 2.46. The maximum absolute atomic E-state index is 4.62. The maximum atomic E-state index is 4.62. The first-order valence-corrected chi connectivity index (χ1v) is 7.31. The van der Waals surface area contributed by atoms with Crippen LogP contribution in [0.3, 0.4) is 0 Å². The molecule has 0 bridgehead atoms. The molecule has 4 heteroatoms. The van der Waals surface area contributed by atoms with Gasteiger partial charge in [-0.2, -0.15) is 5.10 Å². The van der Waals surface area contributed by atoms with Crippen molar-refractivity contribution in [1.29, 1.82) is 0 Å². The van der Waals surface area contributed by atoms with Crippen LogP contribution in [-0.2, 0) is 13.6 Å². The van der Waals surface area contributed by atoms with Gasteiger partial charge in [-0.25, -0.2) is 0 Å². The summed E-state index contributed by atoms with van der Waals surface area (Å²) in [5.74, 6) is 1.30.